The minimum Gasteiger partial charge on any atom is -0.497 e. The molecule has 0 aliphatic carbocycles. The average Bonchev–Trinajstić information content (AvgIpc) is 2.49. The Bertz CT molecular complexity index is 459. The van der Waals surface area contributed by atoms with Crippen LogP contribution in [-0.2, 0) is 4.74 Å². The van der Waals surface area contributed by atoms with Crippen molar-refractivity contribution in [2.75, 3.05) is 46.9 Å². The number of methoxy groups -OCH3 is 1. The van der Waals surface area contributed by atoms with Crippen molar-refractivity contribution in [3.8, 4) is 5.75 Å². The Morgan fingerprint density at radius 3 is 2.32 bits per heavy atom. The normalized spacial score (nSPS) is 17.4. The van der Waals surface area contributed by atoms with Crippen molar-refractivity contribution < 1.29 is 14.3 Å². The first-order chi connectivity index (χ1) is 10.1. The van der Waals surface area contributed by atoms with Gasteiger partial charge in [-0.3, -0.25) is 4.90 Å². The van der Waals surface area contributed by atoms with Gasteiger partial charge in [0.25, 0.3) is 0 Å². The Kier molecular flexibility index (Phi) is 7.65. The maximum absolute atomic E-state index is 12.1. The smallest absolute Gasteiger partial charge is 0.338 e. The average molecular weight is 329 g/mol. The molecule has 0 bridgehead atoms. The quantitative estimate of drug-likeness (QED) is 0.772. The lowest BCUT2D eigenvalue weighted by Crippen LogP contribution is -2.47. The van der Waals surface area contributed by atoms with Gasteiger partial charge >= 0.3 is 5.97 Å². The molecule has 1 saturated heterocycles. The van der Waals surface area contributed by atoms with Crippen LogP contribution in [0.2, 0.25) is 0 Å². The lowest BCUT2D eigenvalue weighted by Gasteiger charge is -2.33. The van der Waals surface area contributed by atoms with Crippen molar-refractivity contribution in [1.82, 2.24) is 9.80 Å². The minimum atomic E-state index is -0.278. The Morgan fingerprint density at radius 2 is 1.77 bits per heavy atom. The molecular weight excluding hydrogens is 304 g/mol. The zero-order chi connectivity index (χ0) is 15.2. The largest absolute Gasteiger partial charge is 0.497 e. The maximum Gasteiger partial charge on any atom is 0.338 e. The number of halogens is 1. The van der Waals surface area contributed by atoms with Crippen molar-refractivity contribution >= 4 is 18.4 Å². The lowest BCUT2D eigenvalue weighted by atomic mass is 10.2. The minimum absolute atomic E-state index is 0. The number of rotatable bonds is 5. The van der Waals surface area contributed by atoms with Crippen LogP contribution in [-0.4, -0.2) is 68.8 Å². The van der Waals surface area contributed by atoms with E-state index < -0.39 is 0 Å². The summed E-state index contributed by atoms with van der Waals surface area (Å²) < 4.78 is 10.6. The summed E-state index contributed by atoms with van der Waals surface area (Å²) in [4.78, 5) is 16.7. The summed E-state index contributed by atoms with van der Waals surface area (Å²) in [6.07, 6.45) is -0.108. The van der Waals surface area contributed by atoms with E-state index >= 15 is 0 Å². The first kappa shape index (κ1) is 18.7. The predicted octanol–water partition coefficient (Wildman–Crippen LogP) is 1.91. The highest BCUT2D eigenvalue weighted by atomic mass is 35.5. The predicted molar refractivity (Wildman–Crippen MR) is 89.1 cm³/mol. The van der Waals surface area contributed by atoms with Crippen molar-refractivity contribution in [2.24, 2.45) is 0 Å². The van der Waals surface area contributed by atoms with Gasteiger partial charge in [0.1, 0.15) is 11.9 Å². The van der Waals surface area contributed by atoms with Crippen LogP contribution in [0, 0.1) is 0 Å². The highest BCUT2D eigenvalue weighted by Gasteiger charge is 2.18. The van der Waals surface area contributed by atoms with E-state index in [-0.39, 0.29) is 24.5 Å². The first-order valence-corrected chi connectivity index (χ1v) is 7.34. The third-order valence-electron chi connectivity index (χ3n) is 3.75. The number of carbonyl (C=O) groups is 1. The number of esters is 1. The fraction of sp³-hybridized carbons (Fsp3) is 0.562. The van der Waals surface area contributed by atoms with Gasteiger partial charge in [0.2, 0.25) is 0 Å². The van der Waals surface area contributed by atoms with Crippen LogP contribution in [0.15, 0.2) is 24.3 Å². The summed E-state index contributed by atoms with van der Waals surface area (Å²) >= 11 is 0. The molecule has 0 amide bonds. The van der Waals surface area contributed by atoms with Crippen molar-refractivity contribution in [1.29, 1.82) is 0 Å². The van der Waals surface area contributed by atoms with Gasteiger partial charge < -0.3 is 14.4 Å². The number of benzene rings is 1. The van der Waals surface area contributed by atoms with Gasteiger partial charge in [-0.1, -0.05) is 0 Å². The van der Waals surface area contributed by atoms with Gasteiger partial charge in [-0.05, 0) is 38.2 Å². The Hall–Kier alpha value is -1.30. The molecule has 0 N–H and O–H groups in total. The second-order valence-corrected chi connectivity index (χ2v) is 5.55. The van der Waals surface area contributed by atoms with E-state index in [0.717, 1.165) is 38.5 Å². The molecule has 1 aromatic rings. The van der Waals surface area contributed by atoms with E-state index in [0.29, 0.717) is 5.56 Å². The lowest BCUT2D eigenvalue weighted by molar-refractivity contribution is 0.0207. The molecule has 1 unspecified atom stereocenters. The van der Waals surface area contributed by atoms with Gasteiger partial charge in [-0.15, -0.1) is 12.4 Å². The second-order valence-electron chi connectivity index (χ2n) is 5.55. The van der Waals surface area contributed by atoms with Crippen LogP contribution in [0.3, 0.4) is 0 Å². The van der Waals surface area contributed by atoms with Gasteiger partial charge in [0, 0.05) is 32.7 Å². The first-order valence-electron chi connectivity index (χ1n) is 7.34. The number of carbonyl (C=O) groups excluding carboxylic acids is 1. The maximum atomic E-state index is 12.1. The Labute approximate surface area is 138 Å². The van der Waals surface area contributed by atoms with Crippen LogP contribution >= 0.6 is 12.4 Å². The molecule has 124 valence electrons. The highest BCUT2D eigenvalue weighted by Crippen LogP contribution is 2.13. The summed E-state index contributed by atoms with van der Waals surface area (Å²) in [5, 5.41) is 0. The number of hydrogen-bond donors (Lipinski definition) is 0. The molecule has 2 rings (SSSR count). The topological polar surface area (TPSA) is 42.0 Å². The van der Waals surface area contributed by atoms with Crippen LogP contribution in [0.25, 0.3) is 0 Å². The van der Waals surface area contributed by atoms with E-state index in [1.807, 2.05) is 6.92 Å². The molecule has 1 heterocycles. The van der Waals surface area contributed by atoms with Crippen molar-refractivity contribution in [3.05, 3.63) is 29.8 Å². The van der Waals surface area contributed by atoms with Crippen molar-refractivity contribution in [2.45, 2.75) is 13.0 Å². The molecule has 0 spiro atoms. The number of likely N-dealkylation sites (N-methyl/N-ethyl adjacent to an activating group) is 1. The van der Waals surface area contributed by atoms with Crippen LogP contribution in [0.1, 0.15) is 17.3 Å². The molecule has 0 aromatic heterocycles. The number of ether oxygens (including phenoxy) is 2. The van der Waals surface area contributed by atoms with Gasteiger partial charge in [0.05, 0.1) is 12.7 Å². The Morgan fingerprint density at radius 1 is 1.18 bits per heavy atom. The van der Waals surface area contributed by atoms with E-state index in [9.17, 15) is 4.79 Å². The summed E-state index contributed by atoms with van der Waals surface area (Å²) in [6.45, 7) is 6.93. The Balaban J connectivity index is 0.00000242. The molecule has 1 aromatic carbocycles. The summed E-state index contributed by atoms with van der Waals surface area (Å²) in [6, 6.07) is 6.98. The van der Waals surface area contributed by atoms with Gasteiger partial charge in [-0.25, -0.2) is 4.79 Å². The van der Waals surface area contributed by atoms with Crippen LogP contribution in [0.5, 0.6) is 5.75 Å². The molecule has 22 heavy (non-hydrogen) atoms. The van der Waals surface area contributed by atoms with E-state index in [4.69, 9.17) is 9.47 Å². The van der Waals surface area contributed by atoms with E-state index in [1.165, 1.54) is 0 Å². The summed E-state index contributed by atoms with van der Waals surface area (Å²) in [7, 11) is 3.73. The van der Waals surface area contributed by atoms with Gasteiger partial charge in [-0.2, -0.15) is 0 Å². The molecule has 0 saturated carbocycles. The second kappa shape index (κ2) is 8.98. The molecule has 1 aliphatic rings. The van der Waals surface area contributed by atoms with Gasteiger partial charge in [0.15, 0.2) is 0 Å². The standard InChI is InChI=1S/C16H24N2O3.ClH/c1-13(12-18-10-8-17(2)9-11-18)21-16(19)14-4-6-15(20-3)7-5-14;/h4-7,13H,8-12H2,1-3H3;1H. The molecule has 1 atom stereocenters. The molecule has 5 nitrogen and oxygen atoms in total. The zero-order valence-electron chi connectivity index (χ0n) is 13.4. The summed E-state index contributed by atoms with van der Waals surface area (Å²) in [5.74, 6) is 0.455. The molecule has 0 radical (unpaired) electrons. The third-order valence-corrected chi connectivity index (χ3v) is 3.75. The molecule has 1 fully saturated rings. The fourth-order valence-corrected chi connectivity index (χ4v) is 2.41. The fourth-order valence-electron chi connectivity index (χ4n) is 2.41. The monoisotopic (exact) mass is 328 g/mol. The molecule has 1 aliphatic heterocycles. The third kappa shape index (κ3) is 5.48. The van der Waals surface area contributed by atoms with Crippen molar-refractivity contribution in [3.63, 3.8) is 0 Å². The van der Waals surface area contributed by atoms with Crippen LogP contribution in [0.4, 0.5) is 0 Å². The summed E-state index contributed by atoms with van der Waals surface area (Å²) in [5.41, 5.74) is 0.557. The zero-order valence-corrected chi connectivity index (χ0v) is 14.3. The number of hydrogen-bond acceptors (Lipinski definition) is 5. The SMILES string of the molecule is COc1ccc(C(=O)OC(C)CN2CCN(C)CC2)cc1.Cl. The number of piperazine rings is 1. The van der Waals surface area contributed by atoms with E-state index in [2.05, 4.69) is 16.8 Å². The van der Waals surface area contributed by atoms with Crippen LogP contribution < -0.4 is 4.74 Å². The highest BCUT2D eigenvalue weighted by molar-refractivity contribution is 5.89. The van der Waals surface area contributed by atoms with E-state index in [1.54, 1.807) is 31.4 Å². The molecular formula is C16H25ClN2O3. The molecule has 6 heteroatoms. The number of nitrogens with zero attached hydrogens (tertiary/aromatic N) is 2.